The van der Waals surface area contributed by atoms with E-state index >= 15 is 0 Å². The molecule has 0 radical (unpaired) electrons. The number of nitrogens with zero attached hydrogens (tertiary/aromatic N) is 4. The van der Waals surface area contributed by atoms with Gasteiger partial charge in [-0.2, -0.15) is 4.68 Å². The third-order valence-electron chi connectivity index (χ3n) is 3.03. The minimum Gasteiger partial charge on any atom is -0.497 e. The predicted octanol–water partition coefficient (Wildman–Crippen LogP) is 2.06. The molecule has 106 valence electrons. The molecule has 0 saturated carbocycles. The van der Waals surface area contributed by atoms with E-state index in [0.29, 0.717) is 22.8 Å². The highest BCUT2D eigenvalue weighted by Gasteiger charge is 2.12. The van der Waals surface area contributed by atoms with Crippen LogP contribution in [0.2, 0.25) is 0 Å². The second kappa shape index (κ2) is 5.20. The van der Waals surface area contributed by atoms with Crippen molar-refractivity contribution in [1.29, 1.82) is 0 Å². The van der Waals surface area contributed by atoms with Gasteiger partial charge in [-0.1, -0.05) is 6.07 Å². The fourth-order valence-electron chi connectivity index (χ4n) is 1.95. The number of hydrogen-bond donors (Lipinski definition) is 1. The van der Waals surface area contributed by atoms with Crippen LogP contribution in [0.1, 0.15) is 0 Å². The zero-order valence-electron chi connectivity index (χ0n) is 11.2. The molecular formula is C14H12FN5O. The molecule has 3 aromatic rings. The lowest BCUT2D eigenvalue weighted by molar-refractivity contribution is 0.414. The minimum atomic E-state index is -0.507. The molecule has 21 heavy (non-hydrogen) atoms. The Bertz CT molecular complexity index is 787. The number of nitrogen functional groups attached to an aromatic ring is 1. The number of aromatic nitrogens is 4. The SMILES string of the molecule is COc1cccc(-n2nnnc2-c2ccc(N)c(F)c2)c1. The maximum absolute atomic E-state index is 13.6. The van der Waals surface area contributed by atoms with E-state index in [1.165, 1.54) is 16.8 Å². The topological polar surface area (TPSA) is 78.8 Å². The summed E-state index contributed by atoms with van der Waals surface area (Å²) < 4.78 is 20.3. The van der Waals surface area contributed by atoms with Crippen molar-refractivity contribution in [3.8, 4) is 22.8 Å². The van der Waals surface area contributed by atoms with Gasteiger partial charge in [0.05, 0.1) is 18.5 Å². The van der Waals surface area contributed by atoms with Gasteiger partial charge in [-0.25, -0.2) is 4.39 Å². The third kappa shape index (κ3) is 2.40. The Morgan fingerprint density at radius 1 is 1.19 bits per heavy atom. The number of hydrogen-bond acceptors (Lipinski definition) is 5. The zero-order valence-corrected chi connectivity index (χ0v) is 11.2. The fraction of sp³-hybridized carbons (Fsp3) is 0.0714. The standard InChI is InChI=1S/C14H12FN5O/c1-21-11-4-2-3-10(8-11)20-14(17-18-19-20)9-5-6-13(16)12(15)7-9/h2-8H,16H2,1H3. The van der Waals surface area contributed by atoms with Crippen LogP contribution in [0.3, 0.4) is 0 Å². The van der Waals surface area contributed by atoms with Crippen LogP contribution in [-0.2, 0) is 0 Å². The molecule has 0 atom stereocenters. The van der Waals surface area contributed by atoms with E-state index < -0.39 is 5.82 Å². The summed E-state index contributed by atoms with van der Waals surface area (Å²) in [6.07, 6.45) is 0. The summed E-state index contributed by atoms with van der Waals surface area (Å²) >= 11 is 0. The van der Waals surface area contributed by atoms with Gasteiger partial charge < -0.3 is 10.5 Å². The van der Waals surface area contributed by atoms with Crippen molar-refractivity contribution in [3.05, 3.63) is 48.3 Å². The molecule has 1 aromatic heterocycles. The Kier molecular flexibility index (Phi) is 3.23. The molecule has 6 nitrogen and oxygen atoms in total. The summed E-state index contributed by atoms with van der Waals surface area (Å²) in [5.41, 5.74) is 6.81. The van der Waals surface area contributed by atoms with Crippen LogP contribution in [-0.4, -0.2) is 27.3 Å². The molecule has 0 unspecified atom stereocenters. The van der Waals surface area contributed by atoms with Gasteiger partial charge in [0.15, 0.2) is 5.82 Å². The molecule has 7 heteroatoms. The van der Waals surface area contributed by atoms with Crippen molar-refractivity contribution >= 4 is 5.69 Å². The van der Waals surface area contributed by atoms with Crippen molar-refractivity contribution in [1.82, 2.24) is 20.2 Å². The highest BCUT2D eigenvalue weighted by atomic mass is 19.1. The van der Waals surface area contributed by atoms with Crippen molar-refractivity contribution in [3.63, 3.8) is 0 Å². The minimum absolute atomic E-state index is 0.0826. The summed E-state index contributed by atoms with van der Waals surface area (Å²) in [4.78, 5) is 0. The van der Waals surface area contributed by atoms with Crippen LogP contribution in [0.4, 0.5) is 10.1 Å². The Morgan fingerprint density at radius 3 is 2.81 bits per heavy atom. The Morgan fingerprint density at radius 2 is 2.05 bits per heavy atom. The number of benzene rings is 2. The summed E-state index contributed by atoms with van der Waals surface area (Å²) in [5.74, 6) is 0.590. The van der Waals surface area contributed by atoms with Gasteiger partial charge >= 0.3 is 0 Å². The van der Waals surface area contributed by atoms with E-state index in [4.69, 9.17) is 10.5 Å². The van der Waals surface area contributed by atoms with Crippen LogP contribution in [0, 0.1) is 5.82 Å². The van der Waals surface area contributed by atoms with Gasteiger partial charge in [0.25, 0.3) is 0 Å². The molecule has 1 heterocycles. The molecule has 0 fully saturated rings. The summed E-state index contributed by atoms with van der Waals surface area (Å²) in [6.45, 7) is 0. The molecule has 0 amide bonds. The lowest BCUT2D eigenvalue weighted by Crippen LogP contribution is -2.01. The second-order valence-electron chi connectivity index (χ2n) is 4.35. The Balaban J connectivity index is 2.09. The van der Waals surface area contributed by atoms with Crippen LogP contribution < -0.4 is 10.5 Å². The quantitative estimate of drug-likeness (QED) is 0.745. The zero-order chi connectivity index (χ0) is 14.8. The van der Waals surface area contributed by atoms with Crippen molar-refractivity contribution in [2.75, 3.05) is 12.8 Å². The lowest BCUT2D eigenvalue weighted by Gasteiger charge is -2.07. The van der Waals surface area contributed by atoms with E-state index in [1.807, 2.05) is 18.2 Å². The first-order valence-corrected chi connectivity index (χ1v) is 6.17. The van der Waals surface area contributed by atoms with Gasteiger partial charge in [-0.15, -0.1) is 5.10 Å². The van der Waals surface area contributed by atoms with Gasteiger partial charge in [0.2, 0.25) is 0 Å². The molecule has 0 bridgehead atoms. The normalized spacial score (nSPS) is 10.6. The van der Waals surface area contributed by atoms with Crippen LogP contribution >= 0.6 is 0 Å². The van der Waals surface area contributed by atoms with E-state index in [-0.39, 0.29) is 5.69 Å². The average Bonchev–Trinajstić information content (AvgIpc) is 2.99. The summed E-state index contributed by atoms with van der Waals surface area (Å²) in [6, 6.07) is 11.7. The molecule has 0 aliphatic rings. The van der Waals surface area contributed by atoms with E-state index in [0.717, 1.165) is 0 Å². The molecule has 3 rings (SSSR count). The van der Waals surface area contributed by atoms with Gasteiger partial charge in [-0.3, -0.25) is 0 Å². The molecule has 2 aromatic carbocycles. The third-order valence-corrected chi connectivity index (χ3v) is 3.03. The average molecular weight is 285 g/mol. The van der Waals surface area contributed by atoms with Gasteiger partial charge in [-0.05, 0) is 40.8 Å². The fourth-order valence-corrected chi connectivity index (χ4v) is 1.95. The van der Waals surface area contributed by atoms with Crippen LogP contribution in [0.25, 0.3) is 17.1 Å². The maximum atomic E-state index is 13.6. The maximum Gasteiger partial charge on any atom is 0.187 e. The molecule has 0 aliphatic carbocycles. The number of rotatable bonds is 3. The van der Waals surface area contributed by atoms with Crippen molar-refractivity contribution in [2.45, 2.75) is 0 Å². The smallest absolute Gasteiger partial charge is 0.187 e. The van der Waals surface area contributed by atoms with Gasteiger partial charge in [0, 0.05) is 11.6 Å². The number of anilines is 1. The first kappa shape index (κ1) is 13.0. The van der Waals surface area contributed by atoms with E-state index in [1.54, 1.807) is 19.2 Å². The van der Waals surface area contributed by atoms with Gasteiger partial charge in [0.1, 0.15) is 11.6 Å². The highest BCUT2D eigenvalue weighted by molar-refractivity contribution is 5.61. The van der Waals surface area contributed by atoms with Crippen molar-refractivity contribution < 1.29 is 9.13 Å². The van der Waals surface area contributed by atoms with Crippen molar-refractivity contribution in [2.24, 2.45) is 0 Å². The Hall–Kier alpha value is -2.96. The largest absolute Gasteiger partial charge is 0.497 e. The molecular weight excluding hydrogens is 273 g/mol. The van der Waals surface area contributed by atoms with Crippen LogP contribution in [0.5, 0.6) is 5.75 Å². The van der Waals surface area contributed by atoms with E-state index in [2.05, 4.69) is 15.5 Å². The molecule has 0 saturated heterocycles. The number of methoxy groups -OCH3 is 1. The highest BCUT2D eigenvalue weighted by Crippen LogP contribution is 2.24. The molecule has 0 aliphatic heterocycles. The molecule has 0 spiro atoms. The number of nitrogens with two attached hydrogens (primary N) is 1. The summed E-state index contributed by atoms with van der Waals surface area (Å²) in [5, 5.41) is 11.5. The monoisotopic (exact) mass is 285 g/mol. The number of tetrazole rings is 1. The Labute approximate surface area is 120 Å². The first-order chi connectivity index (χ1) is 10.2. The lowest BCUT2D eigenvalue weighted by atomic mass is 10.2. The second-order valence-corrected chi connectivity index (χ2v) is 4.35. The van der Waals surface area contributed by atoms with E-state index in [9.17, 15) is 4.39 Å². The number of halogens is 1. The van der Waals surface area contributed by atoms with Crippen LogP contribution in [0.15, 0.2) is 42.5 Å². The number of ether oxygens (including phenoxy) is 1. The molecule has 2 N–H and O–H groups in total. The summed E-state index contributed by atoms with van der Waals surface area (Å²) in [7, 11) is 1.58. The predicted molar refractivity (Wildman–Crippen MR) is 75.5 cm³/mol. The first-order valence-electron chi connectivity index (χ1n) is 6.17.